The molecule has 1 aliphatic heterocycles. The van der Waals surface area contributed by atoms with Crippen molar-refractivity contribution in [2.45, 2.75) is 58.0 Å². The molecule has 2 nitrogen and oxygen atoms in total. The smallest absolute Gasteiger partial charge is 0.142 e. The van der Waals surface area contributed by atoms with Crippen LogP contribution in [-0.4, -0.2) is 11.8 Å². The van der Waals surface area contributed by atoms with Crippen LogP contribution in [0.1, 0.15) is 52.4 Å². The first-order valence-corrected chi connectivity index (χ1v) is 5.11. The van der Waals surface area contributed by atoms with E-state index in [-0.39, 0.29) is 5.60 Å². The van der Waals surface area contributed by atoms with Crippen molar-refractivity contribution in [2.75, 3.05) is 0 Å². The summed E-state index contributed by atoms with van der Waals surface area (Å²) in [5.74, 6) is 0. The minimum atomic E-state index is 0.151. The van der Waals surface area contributed by atoms with Crippen LogP contribution in [-0.2, 0) is 4.84 Å². The summed E-state index contributed by atoms with van der Waals surface area (Å²) in [5, 5.41) is 3.84. The van der Waals surface area contributed by atoms with Gasteiger partial charge in [-0.1, -0.05) is 25.4 Å². The van der Waals surface area contributed by atoms with Gasteiger partial charge in [-0.25, -0.2) is 0 Å². The third-order valence-corrected chi connectivity index (χ3v) is 2.55. The number of hydrogen-bond donors (Lipinski definition) is 0. The van der Waals surface area contributed by atoms with E-state index in [0.717, 1.165) is 6.42 Å². The molecule has 1 heterocycles. The molecule has 0 saturated heterocycles. The van der Waals surface area contributed by atoms with Crippen molar-refractivity contribution in [1.82, 2.24) is 0 Å². The molecule has 0 aromatic heterocycles. The molecule has 0 radical (unpaired) electrons. The van der Waals surface area contributed by atoms with Crippen molar-refractivity contribution >= 4 is 6.21 Å². The Morgan fingerprint density at radius 3 is 2.33 bits per heavy atom. The van der Waals surface area contributed by atoms with Crippen LogP contribution in [0.2, 0.25) is 0 Å². The molecular weight excluding hydrogens is 150 g/mol. The predicted octanol–water partition coefficient (Wildman–Crippen LogP) is 3.12. The lowest BCUT2D eigenvalue weighted by Gasteiger charge is -2.29. The van der Waals surface area contributed by atoms with Crippen LogP contribution in [0, 0.1) is 0 Å². The van der Waals surface area contributed by atoms with E-state index >= 15 is 0 Å². The van der Waals surface area contributed by atoms with Gasteiger partial charge in [-0.2, -0.15) is 0 Å². The molecule has 70 valence electrons. The molecule has 12 heavy (non-hydrogen) atoms. The highest BCUT2D eigenvalue weighted by atomic mass is 16.7. The maximum absolute atomic E-state index is 5.35. The molecule has 2 rings (SSSR count). The molecule has 0 aromatic rings. The Morgan fingerprint density at radius 2 is 1.83 bits per heavy atom. The fourth-order valence-corrected chi connectivity index (χ4v) is 1.88. The largest absolute Gasteiger partial charge is 0.389 e. The first-order valence-electron chi connectivity index (χ1n) is 5.11. The minimum absolute atomic E-state index is 0.151. The Hall–Kier alpha value is -0.530. The second-order valence-electron chi connectivity index (χ2n) is 3.33. The van der Waals surface area contributed by atoms with E-state index in [1.54, 1.807) is 0 Å². The maximum Gasteiger partial charge on any atom is 0.142 e. The summed E-state index contributed by atoms with van der Waals surface area (Å²) in [5.41, 5.74) is 0.151. The maximum atomic E-state index is 5.35. The normalized spacial score (nSPS) is 24.5. The molecule has 0 unspecified atom stereocenters. The summed E-state index contributed by atoms with van der Waals surface area (Å²) < 4.78 is 0. The lowest BCUT2D eigenvalue weighted by atomic mass is 9.83. The van der Waals surface area contributed by atoms with Crippen molar-refractivity contribution < 1.29 is 4.84 Å². The fraction of sp³-hybridized carbons (Fsp3) is 0.900. The molecule has 1 spiro atoms. The van der Waals surface area contributed by atoms with Gasteiger partial charge in [-0.15, -0.1) is 0 Å². The molecule has 0 atom stereocenters. The monoisotopic (exact) mass is 169 g/mol. The summed E-state index contributed by atoms with van der Waals surface area (Å²) in [6.45, 7) is 4.00. The first kappa shape index (κ1) is 9.56. The van der Waals surface area contributed by atoms with Crippen molar-refractivity contribution in [3.8, 4) is 0 Å². The van der Waals surface area contributed by atoms with Gasteiger partial charge in [0.15, 0.2) is 0 Å². The molecular formula is C10H19NO. The zero-order valence-electron chi connectivity index (χ0n) is 8.18. The summed E-state index contributed by atoms with van der Waals surface area (Å²) in [6.07, 6.45) is 9.41. The molecule has 0 bridgehead atoms. The zero-order valence-corrected chi connectivity index (χ0v) is 8.18. The summed E-state index contributed by atoms with van der Waals surface area (Å²) in [6, 6.07) is 0. The molecule has 1 fully saturated rings. The van der Waals surface area contributed by atoms with E-state index < -0.39 is 0 Å². The Kier molecular flexibility index (Phi) is 3.57. The first-order chi connectivity index (χ1) is 5.91. The van der Waals surface area contributed by atoms with Crippen LogP contribution in [0.15, 0.2) is 5.16 Å². The number of oxime groups is 1. The van der Waals surface area contributed by atoms with E-state index in [1.165, 1.54) is 32.1 Å². The molecule has 2 aliphatic rings. The number of nitrogens with zero attached hydrogens (tertiary/aromatic N) is 1. The molecule has 2 heteroatoms. The van der Waals surface area contributed by atoms with Gasteiger partial charge >= 0.3 is 0 Å². The van der Waals surface area contributed by atoms with Crippen LogP contribution >= 0.6 is 0 Å². The average Bonchev–Trinajstić information content (AvgIpc) is 2.58. The highest BCUT2D eigenvalue weighted by molar-refractivity contribution is 5.59. The van der Waals surface area contributed by atoms with E-state index in [2.05, 4.69) is 5.16 Å². The Bertz CT molecular complexity index is 138. The van der Waals surface area contributed by atoms with E-state index in [9.17, 15) is 0 Å². The Labute approximate surface area is 75.0 Å². The van der Waals surface area contributed by atoms with Crippen LogP contribution in [0.25, 0.3) is 0 Å². The van der Waals surface area contributed by atoms with E-state index in [1.807, 2.05) is 20.1 Å². The Balaban J connectivity index is 0.000000336. The van der Waals surface area contributed by atoms with Crippen LogP contribution in [0.5, 0.6) is 0 Å². The quantitative estimate of drug-likeness (QED) is 0.546. The second kappa shape index (κ2) is 4.48. The molecule has 1 saturated carbocycles. The topological polar surface area (TPSA) is 21.6 Å². The standard InChI is InChI=1S/C8H13NO.C2H6/c1-2-4-8(5-3-1)6-7-9-10-8;1-2/h7H,1-6H2;1-2H3. The lowest BCUT2D eigenvalue weighted by Crippen LogP contribution is -2.30. The molecule has 0 aromatic carbocycles. The second-order valence-corrected chi connectivity index (χ2v) is 3.33. The van der Waals surface area contributed by atoms with Gasteiger partial charge in [0.1, 0.15) is 5.60 Å². The summed E-state index contributed by atoms with van der Waals surface area (Å²) in [4.78, 5) is 5.35. The number of hydrogen-bond acceptors (Lipinski definition) is 2. The SMILES string of the molecule is C1=NOC2(C1)CCCCC2.CC. The van der Waals surface area contributed by atoms with Gasteiger partial charge in [0, 0.05) is 12.6 Å². The zero-order chi connectivity index (χ0) is 8.86. The highest BCUT2D eigenvalue weighted by Crippen LogP contribution is 2.36. The van der Waals surface area contributed by atoms with Gasteiger partial charge in [0.05, 0.1) is 0 Å². The highest BCUT2D eigenvalue weighted by Gasteiger charge is 2.36. The average molecular weight is 169 g/mol. The molecule has 0 amide bonds. The minimum Gasteiger partial charge on any atom is -0.389 e. The molecule has 1 aliphatic carbocycles. The number of rotatable bonds is 0. The van der Waals surface area contributed by atoms with Crippen molar-refractivity contribution in [2.24, 2.45) is 5.16 Å². The van der Waals surface area contributed by atoms with E-state index in [4.69, 9.17) is 4.84 Å². The van der Waals surface area contributed by atoms with Gasteiger partial charge in [0.2, 0.25) is 0 Å². The van der Waals surface area contributed by atoms with Gasteiger partial charge in [-0.3, -0.25) is 0 Å². The van der Waals surface area contributed by atoms with Crippen LogP contribution in [0.3, 0.4) is 0 Å². The predicted molar refractivity (Wildman–Crippen MR) is 51.4 cm³/mol. The van der Waals surface area contributed by atoms with Gasteiger partial charge in [0.25, 0.3) is 0 Å². The summed E-state index contributed by atoms with van der Waals surface area (Å²) >= 11 is 0. The molecule has 0 N–H and O–H groups in total. The third kappa shape index (κ3) is 1.99. The Morgan fingerprint density at radius 1 is 1.17 bits per heavy atom. The summed E-state index contributed by atoms with van der Waals surface area (Å²) in [7, 11) is 0. The van der Waals surface area contributed by atoms with Gasteiger partial charge < -0.3 is 4.84 Å². The third-order valence-electron chi connectivity index (χ3n) is 2.55. The van der Waals surface area contributed by atoms with Crippen molar-refractivity contribution in [3.05, 3.63) is 0 Å². The fourth-order valence-electron chi connectivity index (χ4n) is 1.88. The van der Waals surface area contributed by atoms with Crippen molar-refractivity contribution in [1.29, 1.82) is 0 Å². The van der Waals surface area contributed by atoms with Gasteiger partial charge in [-0.05, 0) is 25.7 Å². The van der Waals surface area contributed by atoms with Crippen LogP contribution in [0.4, 0.5) is 0 Å². The lowest BCUT2D eigenvalue weighted by molar-refractivity contribution is -0.0449. The van der Waals surface area contributed by atoms with Crippen LogP contribution < -0.4 is 0 Å². The van der Waals surface area contributed by atoms with E-state index in [0.29, 0.717) is 0 Å². The van der Waals surface area contributed by atoms with Crippen molar-refractivity contribution in [3.63, 3.8) is 0 Å².